The van der Waals surface area contributed by atoms with Gasteiger partial charge in [0.2, 0.25) is 0 Å². The molecule has 2 rings (SSSR count). The van der Waals surface area contributed by atoms with Crippen LogP contribution >= 0.6 is 58.9 Å². The molecule has 0 aromatic heterocycles. The van der Waals surface area contributed by atoms with Crippen molar-refractivity contribution in [3.05, 3.63) is 38.7 Å². The van der Waals surface area contributed by atoms with Gasteiger partial charge in [0.15, 0.2) is 0 Å². The number of hydrogen-bond donors (Lipinski definition) is 0. The fourth-order valence-corrected chi connectivity index (χ4v) is 3.91. The van der Waals surface area contributed by atoms with Gasteiger partial charge >= 0.3 is 0 Å². The molecule has 21 heavy (non-hydrogen) atoms. The molecule has 2 nitrogen and oxygen atoms in total. The molecule has 1 aromatic carbocycles. The first-order valence-corrected chi connectivity index (χ1v) is 9.60. The summed E-state index contributed by atoms with van der Waals surface area (Å²) in [7, 11) is 0. The van der Waals surface area contributed by atoms with E-state index in [2.05, 4.69) is 0 Å². The van der Waals surface area contributed by atoms with Crippen LogP contribution < -0.4 is 0 Å². The van der Waals surface area contributed by atoms with Crippen molar-refractivity contribution in [2.24, 2.45) is 0 Å². The Morgan fingerprint density at radius 3 is 2.90 bits per heavy atom. The molecule has 0 bridgehead atoms. The number of carbonyl (C=O) groups is 1. The summed E-state index contributed by atoms with van der Waals surface area (Å²) in [5.74, 6) is 0.957. The molecule has 0 N–H and O–H groups in total. The molecule has 1 fully saturated rings. The van der Waals surface area contributed by atoms with Gasteiger partial charge in [-0.25, -0.2) is 0 Å². The summed E-state index contributed by atoms with van der Waals surface area (Å²) in [6, 6.07) is 5.35. The number of thioether (sulfide) groups is 2. The highest BCUT2D eigenvalue weighted by Crippen LogP contribution is 2.35. The summed E-state index contributed by atoms with van der Waals surface area (Å²) in [6.45, 7) is 0.659. The number of carbonyl (C=O) groups excluding carboxylic acids is 1. The number of thiocarbonyl (C=S) groups is 1. The zero-order valence-corrected chi connectivity index (χ0v) is 15.2. The molecule has 0 saturated carbocycles. The van der Waals surface area contributed by atoms with Gasteiger partial charge < -0.3 is 0 Å². The molecular weight excluding hydrogens is 365 g/mol. The van der Waals surface area contributed by atoms with Crippen molar-refractivity contribution >= 4 is 75.2 Å². The predicted octanol–water partition coefficient (Wildman–Crippen LogP) is 4.95. The van der Waals surface area contributed by atoms with Gasteiger partial charge in [0.25, 0.3) is 5.91 Å². The van der Waals surface area contributed by atoms with E-state index in [-0.39, 0.29) is 5.91 Å². The lowest BCUT2D eigenvalue weighted by molar-refractivity contribution is -0.122. The van der Waals surface area contributed by atoms with Gasteiger partial charge in [-0.05, 0) is 36.1 Å². The number of rotatable bonds is 5. The van der Waals surface area contributed by atoms with Gasteiger partial charge in [-0.3, -0.25) is 9.69 Å². The predicted molar refractivity (Wildman–Crippen MR) is 99.3 cm³/mol. The van der Waals surface area contributed by atoms with Gasteiger partial charge in [0.05, 0.1) is 15.0 Å². The molecule has 1 aliphatic rings. The lowest BCUT2D eigenvalue weighted by Crippen LogP contribution is -2.29. The minimum atomic E-state index is -0.0536. The summed E-state index contributed by atoms with van der Waals surface area (Å²) in [5, 5.41) is 0.924. The van der Waals surface area contributed by atoms with Gasteiger partial charge in [-0.1, -0.05) is 59.3 Å². The summed E-state index contributed by atoms with van der Waals surface area (Å²) in [6.07, 6.45) is 4.73. The van der Waals surface area contributed by atoms with Gasteiger partial charge in [-0.2, -0.15) is 11.8 Å². The first-order chi connectivity index (χ1) is 10.0. The van der Waals surface area contributed by atoms with E-state index in [1.165, 1.54) is 11.8 Å². The second-order valence-corrected chi connectivity index (χ2v) is 7.77. The Hall–Kier alpha value is -0.200. The molecule has 0 unspecified atom stereocenters. The second-order valence-electron chi connectivity index (χ2n) is 4.32. The van der Waals surface area contributed by atoms with Crippen molar-refractivity contribution in [2.45, 2.75) is 6.42 Å². The number of benzene rings is 1. The minimum Gasteiger partial charge on any atom is -0.293 e. The molecule has 1 aromatic rings. The molecule has 1 saturated heterocycles. The van der Waals surface area contributed by atoms with Crippen LogP contribution in [0.1, 0.15) is 12.0 Å². The Labute approximate surface area is 148 Å². The summed E-state index contributed by atoms with van der Waals surface area (Å²) in [5.41, 5.74) is 0.730. The van der Waals surface area contributed by atoms with Crippen LogP contribution in [0.4, 0.5) is 0 Å². The van der Waals surface area contributed by atoms with E-state index in [9.17, 15) is 4.79 Å². The van der Waals surface area contributed by atoms with E-state index in [4.69, 9.17) is 35.4 Å². The Bertz CT molecular complexity index is 604. The summed E-state index contributed by atoms with van der Waals surface area (Å²) >= 11 is 20.5. The lowest BCUT2D eigenvalue weighted by Gasteiger charge is -2.13. The highest BCUT2D eigenvalue weighted by Gasteiger charge is 2.31. The highest BCUT2D eigenvalue weighted by molar-refractivity contribution is 8.26. The average Bonchev–Trinajstić information content (AvgIpc) is 2.71. The topological polar surface area (TPSA) is 20.3 Å². The molecule has 112 valence electrons. The van der Waals surface area contributed by atoms with E-state index in [1.807, 2.05) is 12.3 Å². The van der Waals surface area contributed by atoms with E-state index < -0.39 is 0 Å². The first kappa shape index (κ1) is 17.2. The van der Waals surface area contributed by atoms with Crippen LogP contribution in [-0.2, 0) is 4.79 Å². The Morgan fingerprint density at radius 1 is 1.43 bits per heavy atom. The maximum Gasteiger partial charge on any atom is 0.266 e. The maximum absolute atomic E-state index is 12.4. The third-order valence-electron chi connectivity index (χ3n) is 2.87. The Kier molecular flexibility index (Phi) is 6.44. The minimum absolute atomic E-state index is 0.0536. The van der Waals surface area contributed by atoms with E-state index in [0.717, 1.165) is 17.7 Å². The molecule has 1 amide bonds. The van der Waals surface area contributed by atoms with Crippen molar-refractivity contribution in [3.8, 4) is 0 Å². The van der Waals surface area contributed by atoms with Crippen LogP contribution in [0.15, 0.2) is 23.1 Å². The monoisotopic (exact) mass is 377 g/mol. The zero-order valence-electron chi connectivity index (χ0n) is 11.3. The van der Waals surface area contributed by atoms with E-state index in [0.29, 0.717) is 25.8 Å². The lowest BCUT2D eigenvalue weighted by atomic mass is 10.2. The van der Waals surface area contributed by atoms with Gasteiger partial charge in [0, 0.05) is 6.54 Å². The SMILES string of the molecule is CSCCCN1C(=O)/C(=C\c2cccc(Cl)c2Cl)SC1=S. The van der Waals surface area contributed by atoms with Gasteiger partial charge in [-0.15, -0.1) is 0 Å². The van der Waals surface area contributed by atoms with Gasteiger partial charge in [0.1, 0.15) is 4.32 Å². The Morgan fingerprint density at radius 2 is 2.19 bits per heavy atom. The number of amides is 1. The van der Waals surface area contributed by atoms with Crippen LogP contribution in [0.3, 0.4) is 0 Å². The van der Waals surface area contributed by atoms with Crippen molar-refractivity contribution in [1.29, 1.82) is 0 Å². The summed E-state index contributed by atoms with van der Waals surface area (Å²) < 4.78 is 0.602. The number of hydrogen-bond acceptors (Lipinski definition) is 4. The van der Waals surface area contributed by atoms with Crippen molar-refractivity contribution in [2.75, 3.05) is 18.6 Å². The highest BCUT2D eigenvalue weighted by atomic mass is 35.5. The van der Waals surface area contributed by atoms with E-state index in [1.54, 1.807) is 34.9 Å². The Balaban J connectivity index is 2.18. The standard InChI is InChI=1S/C14H13Cl2NOS3/c1-20-7-3-6-17-13(18)11(21-14(17)19)8-9-4-2-5-10(15)12(9)16/h2,4-5,8H,3,6-7H2,1H3/b11-8+. The van der Waals surface area contributed by atoms with Crippen LogP contribution in [0.5, 0.6) is 0 Å². The third kappa shape index (κ3) is 4.17. The number of nitrogens with zero attached hydrogens (tertiary/aromatic N) is 1. The van der Waals surface area contributed by atoms with E-state index >= 15 is 0 Å². The maximum atomic E-state index is 12.4. The zero-order chi connectivity index (χ0) is 15.4. The largest absolute Gasteiger partial charge is 0.293 e. The normalized spacial score (nSPS) is 17.1. The number of halogens is 2. The van der Waals surface area contributed by atoms with Crippen LogP contribution in [0.25, 0.3) is 6.08 Å². The molecule has 0 atom stereocenters. The fourth-order valence-electron chi connectivity index (χ4n) is 1.83. The van der Waals surface area contributed by atoms with Crippen LogP contribution in [0.2, 0.25) is 10.0 Å². The molecule has 7 heteroatoms. The molecule has 1 heterocycles. The van der Waals surface area contributed by atoms with Crippen molar-refractivity contribution in [1.82, 2.24) is 4.90 Å². The van der Waals surface area contributed by atoms with Crippen molar-refractivity contribution < 1.29 is 4.79 Å². The quantitative estimate of drug-likeness (QED) is 0.410. The first-order valence-electron chi connectivity index (χ1n) is 6.23. The van der Waals surface area contributed by atoms with Crippen LogP contribution in [0, 0.1) is 0 Å². The molecule has 0 radical (unpaired) electrons. The van der Waals surface area contributed by atoms with Crippen molar-refractivity contribution in [3.63, 3.8) is 0 Å². The molecule has 0 spiro atoms. The third-order valence-corrected chi connectivity index (χ3v) is 5.78. The second kappa shape index (κ2) is 7.88. The summed E-state index contributed by atoms with van der Waals surface area (Å²) in [4.78, 5) is 14.6. The fraction of sp³-hybridized carbons (Fsp3) is 0.286. The molecule has 0 aliphatic carbocycles. The average molecular weight is 378 g/mol. The smallest absolute Gasteiger partial charge is 0.266 e. The van der Waals surface area contributed by atoms with Crippen LogP contribution in [-0.4, -0.2) is 33.7 Å². The molecule has 1 aliphatic heterocycles. The molecular formula is C14H13Cl2NOS3.